The lowest BCUT2D eigenvalue weighted by atomic mass is 9.87. The highest BCUT2D eigenvalue weighted by atomic mass is 32.2. The minimum Gasteiger partial charge on any atom is -0.455 e. The largest absolute Gasteiger partial charge is 0.455 e. The van der Waals surface area contributed by atoms with E-state index in [2.05, 4.69) is 11.7 Å². The van der Waals surface area contributed by atoms with Crippen molar-refractivity contribution in [3.05, 3.63) is 0 Å². The van der Waals surface area contributed by atoms with Crippen molar-refractivity contribution in [2.75, 3.05) is 0 Å². The van der Waals surface area contributed by atoms with Crippen LogP contribution in [0.15, 0.2) is 0 Å². The minimum absolute atomic E-state index is 0.0571. The number of hydrogen-bond acceptors (Lipinski definition) is 4. The summed E-state index contributed by atoms with van der Waals surface area (Å²) in [5.74, 6) is -0.251. The fourth-order valence-electron chi connectivity index (χ4n) is 2.11. The molecule has 0 rings (SSSR count). The van der Waals surface area contributed by atoms with Gasteiger partial charge in [-0.05, 0) is 25.2 Å². The van der Waals surface area contributed by atoms with Gasteiger partial charge in [0.05, 0.1) is 0 Å². The highest BCUT2D eigenvalue weighted by Gasteiger charge is 2.51. The van der Waals surface area contributed by atoms with Gasteiger partial charge in [0.15, 0.2) is 6.10 Å². The summed E-state index contributed by atoms with van der Waals surface area (Å²) in [7, 11) is -5.61. The molecule has 0 spiro atoms. The van der Waals surface area contributed by atoms with Gasteiger partial charge >= 0.3 is 21.3 Å². The summed E-state index contributed by atoms with van der Waals surface area (Å²) >= 11 is 0. The van der Waals surface area contributed by atoms with Crippen molar-refractivity contribution >= 4 is 16.1 Å². The Morgan fingerprint density at radius 2 is 1.77 bits per heavy atom. The van der Waals surface area contributed by atoms with Crippen LogP contribution < -0.4 is 0 Å². The molecule has 0 radical (unpaired) electrons. The van der Waals surface area contributed by atoms with Crippen LogP contribution in [0.25, 0.3) is 0 Å². The van der Waals surface area contributed by atoms with Crippen LogP contribution >= 0.6 is 0 Å². The predicted octanol–water partition coefficient (Wildman–Crippen LogP) is 3.64. The van der Waals surface area contributed by atoms with Crippen molar-refractivity contribution in [3.63, 3.8) is 0 Å². The van der Waals surface area contributed by atoms with E-state index >= 15 is 0 Å². The van der Waals surface area contributed by atoms with Crippen LogP contribution in [0.5, 0.6) is 0 Å². The summed E-state index contributed by atoms with van der Waals surface area (Å²) in [5, 5.41) is -4.51. The minimum atomic E-state index is -5.61. The molecule has 1 N–H and O–H groups in total. The zero-order valence-corrected chi connectivity index (χ0v) is 14.3. The Balaban J connectivity index is 4.50. The van der Waals surface area contributed by atoms with Gasteiger partial charge in [-0.1, -0.05) is 40.0 Å². The number of halogens is 2. The zero-order chi connectivity index (χ0) is 17.6. The Morgan fingerprint density at radius 3 is 2.18 bits per heavy atom. The van der Waals surface area contributed by atoms with Gasteiger partial charge in [0.25, 0.3) is 0 Å². The molecule has 0 aromatic heterocycles. The quantitative estimate of drug-likeness (QED) is 0.483. The molecule has 0 amide bonds. The summed E-state index contributed by atoms with van der Waals surface area (Å²) in [6.07, 6.45) is 1.21. The zero-order valence-electron chi connectivity index (χ0n) is 13.5. The molecule has 0 fully saturated rings. The van der Waals surface area contributed by atoms with Gasteiger partial charge in [-0.3, -0.25) is 9.35 Å². The summed E-state index contributed by atoms with van der Waals surface area (Å²) < 4.78 is 60.5. The number of alkyl halides is 2. The molecule has 2 unspecified atom stereocenters. The molecule has 0 saturated heterocycles. The van der Waals surface area contributed by atoms with Crippen molar-refractivity contribution in [2.24, 2.45) is 11.8 Å². The molecule has 0 aliphatic carbocycles. The molecule has 8 heteroatoms. The summed E-state index contributed by atoms with van der Waals surface area (Å²) in [6, 6.07) is 0. The number of rotatable bonds is 10. The smallest absolute Gasteiger partial charge is 0.405 e. The molecule has 0 aliphatic rings. The fraction of sp³-hybridized carbons (Fsp3) is 0.929. The van der Waals surface area contributed by atoms with Crippen LogP contribution in [0, 0.1) is 11.8 Å². The van der Waals surface area contributed by atoms with Gasteiger partial charge < -0.3 is 4.74 Å². The third-order valence-corrected chi connectivity index (χ3v) is 4.74. The molecule has 132 valence electrons. The molecule has 0 bridgehead atoms. The lowest BCUT2D eigenvalue weighted by Crippen LogP contribution is -2.42. The number of esters is 1. The Bertz CT molecular complexity index is 448. The standard InChI is InChI=1S/C14H26F2O5S/c1-5-6-7-12(10(2)3)8-9-13(17)21-11(4)14(15,16)22(18,19)20/h10-12H,5-9H2,1-4H3,(H,18,19,20). The van der Waals surface area contributed by atoms with E-state index in [4.69, 9.17) is 4.55 Å². The Labute approximate surface area is 131 Å². The second kappa shape index (κ2) is 8.76. The van der Waals surface area contributed by atoms with E-state index < -0.39 is 27.4 Å². The first kappa shape index (κ1) is 21.2. The number of unbranched alkanes of at least 4 members (excludes halogenated alkanes) is 1. The van der Waals surface area contributed by atoms with Gasteiger partial charge in [-0.15, -0.1) is 0 Å². The first-order chi connectivity index (χ1) is 9.93. The Kier molecular flexibility index (Phi) is 8.46. The molecule has 2 atom stereocenters. The maximum atomic E-state index is 13.3. The van der Waals surface area contributed by atoms with E-state index in [1.54, 1.807) is 0 Å². The van der Waals surface area contributed by atoms with E-state index in [-0.39, 0.29) is 12.3 Å². The van der Waals surface area contributed by atoms with E-state index in [1.165, 1.54) is 0 Å². The van der Waals surface area contributed by atoms with Crippen molar-refractivity contribution in [3.8, 4) is 0 Å². The van der Waals surface area contributed by atoms with Crippen LogP contribution in [0.2, 0.25) is 0 Å². The molecule has 0 saturated carbocycles. The average molecular weight is 344 g/mol. The van der Waals surface area contributed by atoms with Gasteiger partial charge in [0.1, 0.15) is 0 Å². The first-order valence-electron chi connectivity index (χ1n) is 7.47. The maximum Gasteiger partial charge on any atom is 0.405 e. The van der Waals surface area contributed by atoms with E-state index in [9.17, 15) is 22.0 Å². The van der Waals surface area contributed by atoms with Crippen LogP contribution in [-0.2, 0) is 19.6 Å². The van der Waals surface area contributed by atoms with Crippen molar-refractivity contribution in [1.82, 2.24) is 0 Å². The molecule has 0 aliphatic heterocycles. The summed E-state index contributed by atoms with van der Waals surface area (Å²) in [5.41, 5.74) is 0. The van der Waals surface area contributed by atoms with Crippen LogP contribution in [0.1, 0.15) is 59.8 Å². The molecule has 0 heterocycles. The van der Waals surface area contributed by atoms with Gasteiger partial charge in [0.2, 0.25) is 0 Å². The monoisotopic (exact) mass is 344 g/mol. The third kappa shape index (κ3) is 6.56. The van der Waals surface area contributed by atoms with Crippen molar-refractivity contribution in [1.29, 1.82) is 0 Å². The highest BCUT2D eigenvalue weighted by Crippen LogP contribution is 2.28. The van der Waals surface area contributed by atoms with Crippen LogP contribution in [0.4, 0.5) is 8.78 Å². The number of hydrogen-bond donors (Lipinski definition) is 1. The molecule has 22 heavy (non-hydrogen) atoms. The second-order valence-electron chi connectivity index (χ2n) is 5.85. The fourth-order valence-corrected chi connectivity index (χ4v) is 2.58. The van der Waals surface area contributed by atoms with Crippen molar-refractivity contribution < 1.29 is 31.3 Å². The van der Waals surface area contributed by atoms with Crippen LogP contribution in [0.3, 0.4) is 0 Å². The van der Waals surface area contributed by atoms with E-state index in [1.807, 2.05) is 13.8 Å². The third-order valence-electron chi connectivity index (χ3n) is 3.72. The van der Waals surface area contributed by atoms with E-state index in [0.29, 0.717) is 12.3 Å². The van der Waals surface area contributed by atoms with Gasteiger partial charge in [-0.25, -0.2) is 0 Å². The lowest BCUT2D eigenvalue weighted by Gasteiger charge is -2.23. The molecule has 0 aromatic carbocycles. The number of carbonyl (C=O) groups excluding carboxylic acids is 1. The van der Waals surface area contributed by atoms with E-state index in [0.717, 1.165) is 26.2 Å². The predicted molar refractivity (Wildman–Crippen MR) is 79.1 cm³/mol. The molecule has 5 nitrogen and oxygen atoms in total. The average Bonchev–Trinajstić information content (AvgIpc) is 2.36. The first-order valence-corrected chi connectivity index (χ1v) is 8.91. The SMILES string of the molecule is CCCCC(CCC(=O)OC(C)C(F)(F)S(=O)(=O)O)C(C)C. The summed E-state index contributed by atoms with van der Waals surface area (Å²) in [6.45, 7) is 6.86. The number of ether oxygens (including phenoxy) is 1. The Morgan fingerprint density at radius 1 is 1.23 bits per heavy atom. The highest BCUT2D eigenvalue weighted by molar-refractivity contribution is 7.86. The van der Waals surface area contributed by atoms with Crippen LogP contribution in [-0.4, -0.2) is 30.3 Å². The second-order valence-corrected chi connectivity index (χ2v) is 7.35. The molecule has 0 aromatic rings. The van der Waals surface area contributed by atoms with Gasteiger partial charge in [0, 0.05) is 6.42 Å². The number of carbonyl (C=O) groups is 1. The van der Waals surface area contributed by atoms with Crippen molar-refractivity contribution in [2.45, 2.75) is 71.2 Å². The normalized spacial score (nSPS) is 15.6. The summed E-state index contributed by atoms with van der Waals surface area (Å²) in [4.78, 5) is 11.6. The topological polar surface area (TPSA) is 80.7 Å². The lowest BCUT2D eigenvalue weighted by molar-refractivity contribution is -0.159. The Hall–Kier alpha value is -0.760. The maximum absolute atomic E-state index is 13.3. The molecular weight excluding hydrogens is 318 g/mol. The van der Waals surface area contributed by atoms with Gasteiger partial charge in [-0.2, -0.15) is 17.2 Å². The molecular formula is C14H26F2O5S.